The summed E-state index contributed by atoms with van der Waals surface area (Å²) in [5, 5.41) is 8.95. The van der Waals surface area contributed by atoms with Crippen LogP contribution >= 0.6 is 0 Å². The molecule has 1 saturated carbocycles. The van der Waals surface area contributed by atoms with Crippen molar-refractivity contribution in [2.24, 2.45) is 0 Å². The summed E-state index contributed by atoms with van der Waals surface area (Å²) in [7, 11) is 0. The van der Waals surface area contributed by atoms with Gasteiger partial charge in [-0.2, -0.15) is 5.26 Å². The maximum absolute atomic E-state index is 8.95. The van der Waals surface area contributed by atoms with Crippen LogP contribution in [0.25, 0.3) is 0 Å². The van der Waals surface area contributed by atoms with Crippen LogP contribution in [0.2, 0.25) is 0 Å². The molecule has 1 aromatic rings. The Bertz CT molecular complexity index is 436. The lowest BCUT2D eigenvalue weighted by Crippen LogP contribution is -2.12. The molecule has 2 rings (SSSR count). The van der Waals surface area contributed by atoms with Crippen molar-refractivity contribution in [3.63, 3.8) is 0 Å². The molecule has 3 nitrogen and oxygen atoms in total. The van der Waals surface area contributed by atoms with Gasteiger partial charge in [0.05, 0.1) is 6.10 Å². The fourth-order valence-corrected chi connectivity index (χ4v) is 1.39. The van der Waals surface area contributed by atoms with Gasteiger partial charge < -0.3 is 4.74 Å². The van der Waals surface area contributed by atoms with Crippen molar-refractivity contribution in [1.29, 1.82) is 5.26 Å². The summed E-state index contributed by atoms with van der Waals surface area (Å²) in [5.74, 6) is 0.637. The highest BCUT2D eigenvalue weighted by molar-refractivity contribution is 5.41. The first-order valence-corrected chi connectivity index (χ1v) is 5.58. The molecule has 1 aromatic heterocycles. The molecule has 0 unspecified atom stereocenters. The third-order valence-electron chi connectivity index (χ3n) is 2.64. The van der Waals surface area contributed by atoms with Gasteiger partial charge in [-0.25, -0.2) is 4.98 Å². The molecular formula is C13H16N2O. The fourth-order valence-electron chi connectivity index (χ4n) is 1.39. The van der Waals surface area contributed by atoms with Crippen LogP contribution in [0.1, 0.15) is 44.9 Å². The van der Waals surface area contributed by atoms with E-state index in [1.165, 1.54) is 0 Å². The molecule has 84 valence electrons. The molecule has 0 saturated heterocycles. The predicted molar refractivity (Wildman–Crippen MR) is 61.3 cm³/mol. The molecule has 0 atom stereocenters. The molecule has 0 radical (unpaired) electrons. The first-order chi connectivity index (χ1) is 7.50. The average Bonchev–Trinajstić information content (AvgIpc) is 3.00. The van der Waals surface area contributed by atoms with E-state index in [1.54, 1.807) is 6.20 Å². The van der Waals surface area contributed by atoms with Gasteiger partial charge in [-0.05, 0) is 29.9 Å². The number of hydrogen-bond acceptors (Lipinski definition) is 3. The van der Waals surface area contributed by atoms with Gasteiger partial charge in [-0.3, -0.25) is 0 Å². The Kier molecular flexibility index (Phi) is 2.59. The quantitative estimate of drug-likeness (QED) is 0.763. The van der Waals surface area contributed by atoms with E-state index in [1.807, 2.05) is 6.07 Å². The minimum absolute atomic E-state index is 0.0304. The van der Waals surface area contributed by atoms with Gasteiger partial charge in [0, 0.05) is 6.20 Å². The lowest BCUT2D eigenvalue weighted by atomic mass is 9.88. The zero-order valence-electron chi connectivity index (χ0n) is 9.95. The number of nitrogens with zero attached hydrogens (tertiary/aromatic N) is 2. The van der Waals surface area contributed by atoms with E-state index in [0.29, 0.717) is 17.5 Å². The van der Waals surface area contributed by atoms with Crippen LogP contribution in [-0.2, 0) is 5.41 Å². The van der Waals surface area contributed by atoms with Crippen LogP contribution in [0, 0.1) is 11.3 Å². The van der Waals surface area contributed by atoms with Gasteiger partial charge in [-0.15, -0.1) is 0 Å². The average molecular weight is 216 g/mol. The highest BCUT2D eigenvalue weighted by Crippen LogP contribution is 2.31. The van der Waals surface area contributed by atoms with Gasteiger partial charge in [0.1, 0.15) is 6.07 Å². The molecule has 0 amide bonds. The second-order valence-corrected chi connectivity index (χ2v) is 5.25. The second kappa shape index (κ2) is 3.79. The SMILES string of the molecule is CC(C)(C)c1cnc(C#N)c(OC2CC2)c1. The Morgan fingerprint density at radius 1 is 1.44 bits per heavy atom. The fraction of sp³-hybridized carbons (Fsp3) is 0.538. The maximum atomic E-state index is 8.95. The van der Waals surface area contributed by atoms with Crippen molar-refractivity contribution in [3.8, 4) is 11.8 Å². The monoisotopic (exact) mass is 216 g/mol. The summed E-state index contributed by atoms with van der Waals surface area (Å²) in [5.41, 5.74) is 1.52. The molecule has 0 N–H and O–H groups in total. The maximum Gasteiger partial charge on any atom is 0.182 e. The smallest absolute Gasteiger partial charge is 0.182 e. The highest BCUT2D eigenvalue weighted by Gasteiger charge is 2.26. The van der Waals surface area contributed by atoms with Crippen LogP contribution in [0.15, 0.2) is 12.3 Å². The Balaban J connectivity index is 2.34. The van der Waals surface area contributed by atoms with E-state index in [9.17, 15) is 0 Å². The second-order valence-electron chi connectivity index (χ2n) is 5.25. The molecule has 0 aliphatic heterocycles. The zero-order chi connectivity index (χ0) is 11.8. The zero-order valence-corrected chi connectivity index (χ0v) is 9.95. The van der Waals surface area contributed by atoms with Gasteiger partial charge in [-0.1, -0.05) is 20.8 Å². The van der Waals surface area contributed by atoms with Crippen molar-refractivity contribution >= 4 is 0 Å². The summed E-state index contributed by atoms with van der Waals surface area (Å²) < 4.78 is 5.70. The molecule has 0 aromatic carbocycles. The van der Waals surface area contributed by atoms with E-state index < -0.39 is 0 Å². The molecule has 1 aliphatic rings. The third-order valence-corrected chi connectivity index (χ3v) is 2.64. The molecule has 1 heterocycles. The topological polar surface area (TPSA) is 45.9 Å². The normalized spacial score (nSPS) is 15.6. The molecule has 16 heavy (non-hydrogen) atoms. The van der Waals surface area contributed by atoms with E-state index in [2.05, 4.69) is 31.8 Å². The Labute approximate surface area is 96.1 Å². The highest BCUT2D eigenvalue weighted by atomic mass is 16.5. The summed E-state index contributed by atoms with van der Waals surface area (Å²) in [6.45, 7) is 6.37. The third kappa shape index (κ3) is 2.33. The summed E-state index contributed by atoms with van der Waals surface area (Å²) in [6, 6.07) is 4.02. The molecule has 3 heteroatoms. The number of rotatable bonds is 2. The Morgan fingerprint density at radius 3 is 2.62 bits per heavy atom. The predicted octanol–water partition coefficient (Wildman–Crippen LogP) is 2.79. The van der Waals surface area contributed by atoms with Crippen molar-refractivity contribution < 1.29 is 4.74 Å². The first kappa shape index (κ1) is 10.9. The minimum atomic E-state index is 0.0304. The lowest BCUT2D eigenvalue weighted by molar-refractivity contribution is 0.300. The van der Waals surface area contributed by atoms with Gasteiger partial charge in [0.25, 0.3) is 0 Å². The van der Waals surface area contributed by atoms with E-state index >= 15 is 0 Å². The van der Waals surface area contributed by atoms with Crippen molar-refractivity contribution in [3.05, 3.63) is 23.5 Å². The van der Waals surface area contributed by atoms with Gasteiger partial charge in [0.15, 0.2) is 11.4 Å². The van der Waals surface area contributed by atoms with Crippen LogP contribution in [-0.4, -0.2) is 11.1 Å². The summed E-state index contributed by atoms with van der Waals surface area (Å²) >= 11 is 0. The molecule has 1 aliphatic carbocycles. The van der Waals surface area contributed by atoms with Crippen molar-refractivity contribution in [1.82, 2.24) is 4.98 Å². The van der Waals surface area contributed by atoms with E-state index in [-0.39, 0.29) is 5.41 Å². The molecule has 1 fully saturated rings. The number of nitriles is 1. The number of pyridine rings is 1. The molecular weight excluding hydrogens is 200 g/mol. The summed E-state index contributed by atoms with van der Waals surface area (Å²) in [6.07, 6.45) is 4.23. The number of hydrogen-bond donors (Lipinski definition) is 0. The molecule has 0 spiro atoms. The molecule has 0 bridgehead atoms. The summed E-state index contributed by atoms with van der Waals surface area (Å²) in [4.78, 5) is 4.16. The Morgan fingerprint density at radius 2 is 2.12 bits per heavy atom. The van der Waals surface area contributed by atoms with Crippen molar-refractivity contribution in [2.45, 2.75) is 45.1 Å². The standard InChI is InChI=1S/C13H16N2O/c1-13(2,3)9-6-12(16-10-4-5-10)11(7-14)15-8-9/h6,8,10H,4-5H2,1-3H3. The largest absolute Gasteiger partial charge is 0.487 e. The minimum Gasteiger partial charge on any atom is -0.487 e. The first-order valence-electron chi connectivity index (χ1n) is 5.58. The van der Waals surface area contributed by atoms with Crippen LogP contribution < -0.4 is 4.74 Å². The number of ether oxygens (including phenoxy) is 1. The van der Waals surface area contributed by atoms with Crippen LogP contribution in [0.5, 0.6) is 5.75 Å². The van der Waals surface area contributed by atoms with Crippen molar-refractivity contribution in [2.75, 3.05) is 0 Å². The van der Waals surface area contributed by atoms with E-state index in [0.717, 1.165) is 18.4 Å². The van der Waals surface area contributed by atoms with Gasteiger partial charge in [0.2, 0.25) is 0 Å². The van der Waals surface area contributed by atoms with Gasteiger partial charge >= 0.3 is 0 Å². The van der Waals surface area contributed by atoms with E-state index in [4.69, 9.17) is 10.00 Å². The lowest BCUT2D eigenvalue weighted by Gasteiger charge is -2.19. The van der Waals surface area contributed by atoms with Crippen LogP contribution in [0.4, 0.5) is 0 Å². The Hall–Kier alpha value is -1.56. The number of aromatic nitrogens is 1. The van der Waals surface area contributed by atoms with Crippen LogP contribution in [0.3, 0.4) is 0 Å².